The van der Waals surface area contributed by atoms with Crippen LogP contribution >= 0.6 is 0 Å². The molecule has 0 unspecified atom stereocenters. The number of carbonyl (C=O) groups is 2. The monoisotopic (exact) mass is 550 g/mol. The normalized spacial score (nSPS) is 14.0. The van der Waals surface area contributed by atoms with Gasteiger partial charge in [0.25, 0.3) is 11.8 Å². The van der Waals surface area contributed by atoms with Crippen LogP contribution in [0.5, 0.6) is 0 Å². The third kappa shape index (κ3) is 7.44. The van der Waals surface area contributed by atoms with Crippen molar-refractivity contribution in [2.45, 2.75) is 26.4 Å². The Morgan fingerprint density at radius 3 is 2.34 bits per heavy atom. The van der Waals surface area contributed by atoms with Gasteiger partial charge in [0, 0.05) is 56.7 Å². The van der Waals surface area contributed by atoms with E-state index in [1.807, 2.05) is 82.7 Å². The summed E-state index contributed by atoms with van der Waals surface area (Å²) < 4.78 is 8.10. The molecule has 2 aromatic carbocycles. The summed E-state index contributed by atoms with van der Waals surface area (Å²) >= 11 is 0. The van der Waals surface area contributed by atoms with Crippen LogP contribution in [-0.2, 0) is 13.1 Å². The fraction of sp³-hybridized carbons (Fsp3) is 0.294. The van der Waals surface area contributed by atoms with Crippen molar-refractivity contribution in [1.29, 1.82) is 0 Å². The molecule has 1 fully saturated rings. The molecule has 0 aliphatic carbocycles. The lowest BCUT2D eigenvalue weighted by atomic mass is 10.2. The molecule has 0 spiro atoms. The zero-order chi connectivity index (χ0) is 28.4. The number of nitrogens with zero attached hydrogens (tertiary/aromatic N) is 4. The van der Waals surface area contributed by atoms with Crippen LogP contribution in [0.25, 0.3) is 6.08 Å². The minimum atomic E-state index is -0.0639. The van der Waals surface area contributed by atoms with E-state index in [1.54, 1.807) is 6.07 Å². The molecule has 5 rings (SSSR count). The van der Waals surface area contributed by atoms with E-state index in [1.165, 1.54) is 5.56 Å². The van der Waals surface area contributed by atoms with Gasteiger partial charge < -0.3 is 18.8 Å². The number of aromatic nitrogens is 1. The predicted octanol–water partition coefficient (Wildman–Crippen LogP) is 5.65. The van der Waals surface area contributed by atoms with Gasteiger partial charge in [0.05, 0.1) is 13.1 Å². The summed E-state index contributed by atoms with van der Waals surface area (Å²) in [4.78, 5) is 32.4. The summed E-state index contributed by atoms with van der Waals surface area (Å²) in [5.41, 5.74) is 2.91. The molecule has 41 heavy (non-hydrogen) atoms. The Morgan fingerprint density at radius 1 is 0.878 bits per heavy atom. The standard InChI is InChI=1S/C34H38N4O3/c1-2-19-38(33(39)29-14-7-4-8-15-29)26-30-16-10-21-37(30)27-31-17-18-32(41-31)34(40)36-24-22-35(23-25-36)20-9-13-28-11-5-3-6-12-28/h3-18,21H,2,19-20,22-27H2,1H3. The van der Waals surface area contributed by atoms with Crippen LogP contribution in [0, 0.1) is 0 Å². The average Bonchev–Trinajstić information content (AvgIpc) is 3.67. The molecule has 4 aromatic rings. The van der Waals surface area contributed by atoms with Gasteiger partial charge in [-0.15, -0.1) is 0 Å². The van der Waals surface area contributed by atoms with Crippen LogP contribution in [0.2, 0.25) is 0 Å². The Hall–Kier alpha value is -4.36. The molecular weight excluding hydrogens is 512 g/mol. The summed E-state index contributed by atoms with van der Waals surface area (Å²) in [6.07, 6.45) is 7.18. The van der Waals surface area contributed by atoms with Crippen molar-refractivity contribution in [3.8, 4) is 0 Å². The first-order valence-corrected chi connectivity index (χ1v) is 14.4. The van der Waals surface area contributed by atoms with Crippen LogP contribution in [-0.4, -0.2) is 70.3 Å². The maximum Gasteiger partial charge on any atom is 0.289 e. The van der Waals surface area contributed by atoms with Crippen molar-refractivity contribution >= 4 is 17.9 Å². The van der Waals surface area contributed by atoms with Gasteiger partial charge in [-0.25, -0.2) is 0 Å². The number of hydrogen-bond acceptors (Lipinski definition) is 4. The lowest BCUT2D eigenvalue weighted by Crippen LogP contribution is -2.48. The van der Waals surface area contributed by atoms with Gasteiger partial charge in [0.2, 0.25) is 0 Å². The third-order valence-electron chi connectivity index (χ3n) is 7.41. The second kappa shape index (κ2) is 13.8. The smallest absolute Gasteiger partial charge is 0.289 e. The Morgan fingerprint density at radius 2 is 1.61 bits per heavy atom. The Kier molecular flexibility index (Phi) is 9.49. The Balaban J connectivity index is 1.15. The zero-order valence-corrected chi connectivity index (χ0v) is 23.7. The van der Waals surface area contributed by atoms with Gasteiger partial charge in [-0.3, -0.25) is 14.5 Å². The number of hydrogen-bond donors (Lipinski definition) is 0. The van der Waals surface area contributed by atoms with Crippen molar-refractivity contribution in [1.82, 2.24) is 19.3 Å². The van der Waals surface area contributed by atoms with E-state index in [-0.39, 0.29) is 11.8 Å². The van der Waals surface area contributed by atoms with E-state index in [0.29, 0.717) is 49.8 Å². The number of carbonyl (C=O) groups excluding carboxylic acids is 2. The minimum absolute atomic E-state index is 0.0263. The van der Waals surface area contributed by atoms with Crippen LogP contribution in [0.3, 0.4) is 0 Å². The zero-order valence-electron chi connectivity index (χ0n) is 23.7. The van der Waals surface area contributed by atoms with E-state index in [4.69, 9.17) is 4.42 Å². The first-order valence-electron chi connectivity index (χ1n) is 14.4. The molecule has 2 amide bonds. The number of furan rings is 1. The van der Waals surface area contributed by atoms with Crippen LogP contribution in [0.1, 0.15) is 51.3 Å². The molecule has 1 saturated heterocycles. The highest BCUT2D eigenvalue weighted by Gasteiger charge is 2.24. The Labute approximate surface area is 242 Å². The van der Waals surface area contributed by atoms with Crippen LogP contribution in [0.15, 0.2) is 102 Å². The van der Waals surface area contributed by atoms with E-state index < -0.39 is 0 Å². The van der Waals surface area contributed by atoms with Crippen molar-refractivity contribution in [3.63, 3.8) is 0 Å². The van der Waals surface area contributed by atoms with Crippen molar-refractivity contribution in [3.05, 3.63) is 126 Å². The van der Waals surface area contributed by atoms with Crippen molar-refractivity contribution < 1.29 is 14.0 Å². The lowest BCUT2D eigenvalue weighted by molar-refractivity contribution is 0.0616. The van der Waals surface area contributed by atoms with Gasteiger partial charge in [0.1, 0.15) is 5.76 Å². The van der Waals surface area contributed by atoms with Crippen LogP contribution in [0.4, 0.5) is 0 Å². The summed E-state index contributed by atoms with van der Waals surface area (Å²) in [6, 6.07) is 27.4. The quantitative estimate of drug-likeness (QED) is 0.242. The van der Waals surface area contributed by atoms with Crippen molar-refractivity contribution in [2.75, 3.05) is 39.3 Å². The molecule has 7 nitrogen and oxygen atoms in total. The predicted molar refractivity (Wildman–Crippen MR) is 162 cm³/mol. The summed E-state index contributed by atoms with van der Waals surface area (Å²) in [7, 11) is 0. The largest absolute Gasteiger partial charge is 0.454 e. The molecule has 1 aliphatic rings. The third-order valence-corrected chi connectivity index (χ3v) is 7.41. The number of benzene rings is 2. The average molecular weight is 551 g/mol. The summed E-state index contributed by atoms with van der Waals surface area (Å²) in [5, 5.41) is 0. The number of amides is 2. The molecule has 3 heterocycles. The Bertz CT molecular complexity index is 1430. The van der Waals surface area contributed by atoms with Gasteiger partial charge in [-0.1, -0.05) is 67.6 Å². The van der Waals surface area contributed by atoms with E-state index in [0.717, 1.165) is 31.7 Å². The molecule has 0 N–H and O–H groups in total. The molecule has 212 valence electrons. The molecule has 0 radical (unpaired) electrons. The molecule has 2 aromatic heterocycles. The fourth-order valence-corrected chi connectivity index (χ4v) is 5.17. The maximum absolute atomic E-state index is 13.2. The van der Waals surface area contributed by atoms with Gasteiger partial charge in [-0.2, -0.15) is 0 Å². The first-order chi connectivity index (χ1) is 20.1. The molecule has 0 bridgehead atoms. The van der Waals surface area contributed by atoms with E-state index >= 15 is 0 Å². The highest BCUT2D eigenvalue weighted by atomic mass is 16.4. The molecule has 0 atom stereocenters. The SMILES string of the molecule is CCCN(Cc1cccn1Cc1ccc(C(=O)N2CCN(CC=Cc3ccccc3)CC2)o1)C(=O)c1ccccc1. The second-order valence-electron chi connectivity index (χ2n) is 10.4. The summed E-state index contributed by atoms with van der Waals surface area (Å²) in [6.45, 7) is 7.65. The topological polar surface area (TPSA) is 61.9 Å². The summed E-state index contributed by atoms with van der Waals surface area (Å²) in [5.74, 6) is 1.05. The number of rotatable bonds is 11. The first kappa shape index (κ1) is 28.2. The molecular formula is C34H38N4O3. The minimum Gasteiger partial charge on any atom is -0.454 e. The molecule has 1 aliphatic heterocycles. The van der Waals surface area contributed by atoms with Crippen molar-refractivity contribution in [2.24, 2.45) is 0 Å². The van der Waals surface area contributed by atoms with Gasteiger partial charge >= 0.3 is 0 Å². The van der Waals surface area contributed by atoms with Gasteiger partial charge in [0.15, 0.2) is 5.76 Å². The van der Waals surface area contributed by atoms with Crippen LogP contribution < -0.4 is 0 Å². The van der Waals surface area contributed by atoms with E-state index in [9.17, 15) is 9.59 Å². The molecule has 0 saturated carbocycles. The second-order valence-corrected chi connectivity index (χ2v) is 10.4. The lowest BCUT2D eigenvalue weighted by Gasteiger charge is -2.33. The highest BCUT2D eigenvalue weighted by Crippen LogP contribution is 2.17. The fourth-order valence-electron chi connectivity index (χ4n) is 5.17. The highest BCUT2D eigenvalue weighted by molar-refractivity contribution is 5.94. The van der Waals surface area contributed by atoms with Gasteiger partial charge in [-0.05, 0) is 48.4 Å². The maximum atomic E-state index is 13.2. The number of piperazine rings is 1. The van der Waals surface area contributed by atoms with E-state index in [2.05, 4.69) is 40.7 Å². The molecule has 7 heteroatoms.